The molecule has 0 amide bonds. The van der Waals surface area contributed by atoms with Crippen molar-refractivity contribution in [1.29, 1.82) is 0 Å². The van der Waals surface area contributed by atoms with E-state index < -0.39 is 0 Å². The SMILES string of the molecule is COc1ccc(C2C(CN)CCN2C2CC2)cc1OC. The van der Waals surface area contributed by atoms with Gasteiger partial charge >= 0.3 is 0 Å². The zero-order valence-corrected chi connectivity index (χ0v) is 12.3. The molecule has 1 aliphatic carbocycles. The smallest absolute Gasteiger partial charge is 0.161 e. The lowest BCUT2D eigenvalue weighted by Gasteiger charge is -2.28. The molecule has 2 aliphatic rings. The van der Waals surface area contributed by atoms with Crippen LogP contribution in [0.15, 0.2) is 18.2 Å². The second kappa shape index (κ2) is 5.62. The lowest BCUT2D eigenvalue weighted by Crippen LogP contribution is -2.29. The van der Waals surface area contributed by atoms with Crippen molar-refractivity contribution in [3.63, 3.8) is 0 Å². The Morgan fingerprint density at radius 3 is 2.50 bits per heavy atom. The number of hydrogen-bond acceptors (Lipinski definition) is 4. The maximum atomic E-state index is 5.99. The van der Waals surface area contributed by atoms with Gasteiger partial charge in [0.2, 0.25) is 0 Å². The monoisotopic (exact) mass is 276 g/mol. The number of likely N-dealkylation sites (tertiary alicyclic amines) is 1. The second-order valence-electron chi connectivity index (χ2n) is 5.81. The third kappa shape index (κ3) is 2.38. The Morgan fingerprint density at radius 2 is 1.90 bits per heavy atom. The highest BCUT2D eigenvalue weighted by molar-refractivity contribution is 5.44. The first-order chi connectivity index (χ1) is 9.78. The average molecular weight is 276 g/mol. The molecule has 2 N–H and O–H groups in total. The van der Waals surface area contributed by atoms with Crippen LogP contribution in [0.4, 0.5) is 0 Å². The molecule has 4 heteroatoms. The van der Waals surface area contributed by atoms with Gasteiger partial charge in [-0.15, -0.1) is 0 Å². The molecule has 1 saturated heterocycles. The normalized spacial score (nSPS) is 26.8. The molecule has 2 unspecified atom stereocenters. The summed E-state index contributed by atoms with van der Waals surface area (Å²) in [7, 11) is 3.36. The molecule has 0 spiro atoms. The maximum absolute atomic E-state index is 5.99. The van der Waals surface area contributed by atoms with E-state index in [1.54, 1.807) is 14.2 Å². The van der Waals surface area contributed by atoms with E-state index in [9.17, 15) is 0 Å². The molecular formula is C16H24N2O2. The Morgan fingerprint density at radius 1 is 1.15 bits per heavy atom. The van der Waals surface area contributed by atoms with Gasteiger partial charge in [0.25, 0.3) is 0 Å². The van der Waals surface area contributed by atoms with Crippen molar-refractivity contribution in [2.75, 3.05) is 27.3 Å². The Labute approximate surface area is 120 Å². The van der Waals surface area contributed by atoms with Gasteiger partial charge in [0, 0.05) is 12.1 Å². The summed E-state index contributed by atoms with van der Waals surface area (Å²) in [6.07, 6.45) is 3.87. The largest absolute Gasteiger partial charge is 0.493 e. The lowest BCUT2D eigenvalue weighted by atomic mass is 9.93. The Bertz CT molecular complexity index is 474. The minimum Gasteiger partial charge on any atom is -0.493 e. The van der Waals surface area contributed by atoms with E-state index in [0.717, 1.165) is 24.1 Å². The van der Waals surface area contributed by atoms with Crippen LogP contribution in [0.3, 0.4) is 0 Å². The van der Waals surface area contributed by atoms with E-state index in [0.29, 0.717) is 12.0 Å². The Kier molecular flexibility index (Phi) is 3.85. The first-order valence-electron chi connectivity index (χ1n) is 7.46. The zero-order chi connectivity index (χ0) is 14.1. The summed E-state index contributed by atoms with van der Waals surface area (Å²) in [6, 6.07) is 7.49. The van der Waals surface area contributed by atoms with E-state index in [1.165, 1.54) is 31.4 Å². The van der Waals surface area contributed by atoms with Crippen LogP contribution >= 0.6 is 0 Å². The number of rotatable bonds is 5. The lowest BCUT2D eigenvalue weighted by molar-refractivity contribution is 0.219. The number of hydrogen-bond donors (Lipinski definition) is 1. The van der Waals surface area contributed by atoms with Gasteiger partial charge in [0.05, 0.1) is 14.2 Å². The maximum Gasteiger partial charge on any atom is 0.161 e. The van der Waals surface area contributed by atoms with Gasteiger partial charge in [-0.25, -0.2) is 0 Å². The van der Waals surface area contributed by atoms with Gasteiger partial charge in [0.15, 0.2) is 11.5 Å². The van der Waals surface area contributed by atoms with Crippen molar-refractivity contribution in [1.82, 2.24) is 4.90 Å². The summed E-state index contributed by atoms with van der Waals surface area (Å²) in [4.78, 5) is 2.64. The van der Waals surface area contributed by atoms with E-state index in [4.69, 9.17) is 15.2 Å². The summed E-state index contributed by atoms with van der Waals surface area (Å²) < 4.78 is 10.8. The molecule has 0 radical (unpaired) electrons. The number of nitrogens with zero attached hydrogens (tertiary/aromatic N) is 1. The molecule has 20 heavy (non-hydrogen) atoms. The molecule has 1 aliphatic heterocycles. The van der Waals surface area contributed by atoms with Crippen LogP contribution in [-0.2, 0) is 0 Å². The quantitative estimate of drug-likeness (QED) is 0.895. The molecule has 0 bridgehead atoms. The predicted octanol–water partition coefficient (Wildman–Crippen LogP) is 2.19. The van der Waals surface area contributed by atoms with Crippen molar-refractivity contribution in [3.05, 3.63) is 23.8 Å². The fourth-order valence-electron chi connectivity index (χ4n) is 3.45. The topological polar surface area (TPSA) is 47.7 Å². The average Bonchev–Trinajstić information content (AvgIpc) is 3.25. The van der Waals surface area contributed by atoms with Crippen LogP contribution in [0.1, 0.15) is 30.9 Å². The summed E-state index contributed by atoms with van der Waals surface area (Å²) in [5.74, 6) is 2.15. The number of benzene rings is 1. The van der Waals surface area contributed by atoms with Crippen LogP contribution < -0.4 is 15.2 Å². The fraction of sp³-hybridized carbons (Fsp3) is 0.625. The van der Waals surface area contributed by atoms with Crippen LogP contribution in [0.25, 0.3) is 0 Å². The van der Waals surface area contributed by atoms with Crippen molar-refractivity contribution in [2.45, 2.75) is 31.3 Å². The van der Waals surface area contributed by atoms with Crippen molar-refractivity contribution < 1.29 is 9.47 Å². The highest BCUT2D eigenvalue weighted by atomic mass is 16.5. The Balaban J connectivity index is 1.92. The molecule has 1 heterocycles. The first-order valence-corrected chi connectivity index (χ1v) is 7.46. The van der Waals surface area contributed by atoms with E-state index in [2.05, 4.69) is 17.0 Å². The van der Waals surface area contributed by atoms with Crippen molar-refractivity contribution in [2.24, 2.45) is 11.7 Å². The number of nitrogens with two attached hydrogens (primary N) is 1. The fourth-order valence-corrected chi connectivity index (χ4v) is 3.45. The summed E-state index contributed by atoms with van der Waals surface area (Å²) in [5.41, 5.74) is 7.30. The summed E-state index contributed by atoms with van der Waals surface area (Å²) >= 11 is 0. The van der Waals surface area contributed by atoms with Crippen LogP contribution in [0.2, 0.25) is 0 Å². The van der Waals surface area contributed by atoms with E-state index in [-0.39, 0.29) is 0 Å². The molecule has 0 aromatic heterocycles. The van der Waals surface area contributed by atoms with Gasteiger partial charge in [-0.1, -0.05) is 6.07 Å². The third-order valence-electron chi connectivity index (χ3n) is 4.63. The minimum absolute atomic E-state index is 0.437. The predicted molar refractivity (Wildman–Crippen MR) is 79.2 cm³/mol. The highest BCUT2D eigenvalue weighted by Gasteiger charge is 2.42. The molecular weight excluding hydrogens is 252 g/mol. The first kappa shape index (κ1) is 13.7. The van der Waals surface area contributed by atoms with E-state index >= 15 is 0 Å². The molecule has 4 nitrogen and oxygen atoms in total. The van der Waals surface area contributed by atoms with Crippen molar-refractivity contribution >= 4 is 0 Å². The summed E-state index contributed by atoms with van der Waals surface area (Å²) in [5, 5.41) is 0. The van der Waals surface area contributed by atoms with Gasteiger partial charge in [-0.3, -0.25) is 4.90 Å². The molecule has 2 fully saturated rings. The van der Waals surface area contributed by atoms with Crippen molar-refractivity contribution in [3.8, 4) is 11.5 Å². The zero-order valence-electron chi connectivity index (χ0n) is 12.3. The molecule has 3 rings (SSSR count). The standard InChI is InChI=1S/C16H24N2O2/c1-19-14-6-3-11(9-15(14)20-2)16-12(10-17)7-8-18(16)13-4-5-13/h3,6,9,12-13,16H,4-5,7-8,10,17H2,1-2H3. The Hall–Kier alpha value is -1.26. The second-order valence-corrected chi connectivity index (χ2v) is 5.81. The highest BCUT2D eigenvalue weighted by Crippen LogP contribution is 2.45. The van der Waals surface area contributed by atoms with Crippen LogP contribution in [0.5, 0.6) is 11.5 Å². The molecule has 110 valence electrons. The van der Waals surface area contributed by atoms with Gasteiger partial charge in [-0.05, 0) is 56.0 Å². The molecule has 2 atom stereocenters. The van der Waals surface area contributed by atoms with E-state index in [1.807, 2.05) is 6.07 Å². The third-order valence-corrected chi connectivity index (χ3v) is 4.63. The summed E-state index contributed by atoms with van der Waals surface area (Å²) in [6.45, 7) is 1.92. The van der Waals surface area contributed by atoms with Gasteiger partial charge in [-0.2, -0.15) is 0 Å². The minimum atomic E-state index is 0.437. The molecule has 1 saturated carbocycles. The van der Waals surface area contributed by atoms with Gasteiger partial charge < -0.3 is 15.2 Å². The molecule has 1 aromatic carbocycles. The number of ether oxygens (including phenoxy) is 2. The number of methoxy groups -OCH3 is 2. The van der Waals surface area contributed by atoms with Gasteiger partial charge in [0.1, 0.15) is 0 Å². The van der Waals surface area contributed by atoms with Crippen LogP contribution in [0, 0.1) is 5.92 Å². The molecule has 1 aromatic rings. The van der Waals surface area contributed by atoms with Crippen LogP contribution in [-0.4, -0.2) is 38.3 Å².